The van der Waals surface area contributed by atoms with Crippen LogP contribution in [-0.2, 0) is 25.1 Å². The molecule has 16 heavy (non-hydrogen) atoms. The van der Waals surface area contributed by atoms with Crippen LogP contribution in [0.1, 0.15) is 11.5 Å². The van der Waals surface area contributed by atoms with Crippen LogP contribution in [0, 0.1) is 13.3 Å². The third-order valence-corrected chi connectivity index (χ3v) is 1.67. The molecular formula is C10H12N4OV. The maximum absolute atomic E-state index is 7.00. The zero-order chi connectivity index (χ0) is 11.1. The molecule has 1 radical (unpaired) electrons. The van der Waals surface area contributed by atoms with Crippen molar-refractivity contribution in [1.29, 1.82) is 0 Å². The molecule has 0 aliphatic heterocycles. The summed E-state index contributed by atoms with van der Waals surface area (Å²) in [6.07, 6.45) is 2.19. The summed E-state index contributed by atoms with van der Waals surface area (Å²) in [6, 6.07) is 7.43. The first-order chi connectivity index (χ1) is 7.24. The number of aryl methyl sites for hydroxylation is 1. The van der Waals surface area contributed by atoms with Gasteiger partial charge in [0.25, 0.3) is 0 Å². The average molecular weight is 255 g/mol. The van der Waals surface area contributed by atoms with Crippen LogP contribution in [0.4, 0.5) is 5.69 Å². The molecule has 0 saturated carbocycles. The van der Waals surface area contributed by atoms with Gasteiger partial charge in [0.1, 0.15) is 0 Å². The second-order valence-corrected chi connectivity index (χ2v) is 2.79. The maximum Gasteiger partial charge on any atom is 2.00 e. The smallest absolute Gasteiger partial charge is 0.674 e. The van der Waals surface area contributed by atoms with E-state index in [1.54, 1.807) is 6.92 Å². The number of hydrogen-bond acceptors (Lipinski definition) is 4. The van der Waals surface area contributed by atoms with Gasteiger partial charge >= 0.3 is 18.6 Å². The van der Waals surface area contributed by atoms with E-state index in [1.165, 1.54) is 0 Å². The molecule has 0 saturated heterocycles. The molecule has 0 aliphatic carbocycles. The predicted octanol–water partition coefficient (Wildman–Crippen LogP) is 2.00. The van der Waals surface area contributed by atoms with Gasteiger partial charge in [0.15, 0.2) is 0 Å². The van der Waals surface area contributed by atoms with E-state index >= 15 is 0 Å². The minimum atomic E-state index is 0. The van der Waals surface area contributed by atoms with Crippen molar-refractivity contribution in [2.45, 2.75) is 13.5 Å². The van der Waals surface area contributed by atoms with Gasteiger partial charge in [0.05, 0.1) is 12.3 Å². The largest absolute Gasteiger partial charge is 2.00 e. The first-order valence-corrected chi connectivity index (χ1v) is 4.38. The number of rotatable bonds is 1. The van der Waals surface area contributed by atoms with Crippen molar-refractivity contribution in [1.82, 2.24) is 10.2 Å². The second-order valence-electron chi connectivity index (χ2n) is 2.79. The molecule has 0 amide bonds. The van der Waals surface area contributed by atoms with Crippen molar-refractivity contribution in [3.63, 3.8) is 0 Å². The van der Waals surface area contributed by atoms with Crippen molar-refractivity contribution in [3.05, 3.63) is 47.8 Å². The summed E-state index contributed by atoms with van der Waals surface area (Å²) in [5.41, 5.74) is 14.1. The van der Waals surface area contributed by atoms with Gasteiger partial charge in [-0.3, -0.25) is 0 Å². The van der Waals surface area contributed by atoms with Crippen LogP contribution < -0.4 is 5.73 Å². The van der Waals surface area contributed by atoms with E-state index in [2.05, 4.69) is 21.0 Å². The van der Waals surface area contributed by atoms with E-state index in [0.717, 1.165) is 5.56 Å². The number of benzene rings is 1. The SMILES string of the molecule is Cc1nn[c-]o1.[NH-]Cc1ccccc1N.[V+2]. The normalized spacial score (nSPS) is 8.62. The number of nitrogen functional groups attached to an aromatic ring is 1. The number of nitrogens with zero attached hydrogens (tertiary/aromatic N) is 2. The molecule has 0 aliphatic rings. The van der Waals surface area contributed by atoms with E-state index in [4.69, 9.17) is 11.5 Å². The summed E-state index contributed by atoms with van der Waals surface area (Å²) in [5, 5.41) is 6.72. The molecule has 3 N–H and O–H groups in total. The molecule has 5 nitrogen and oxygen atoms in total. The third-order valence-electron chi connectivity index (χ3n) is 1.67. The number of hydrogen-bond donors (Lipinski definition) is 1. The van der Waals surface area contributed by atoms with E-state index in [9.17, 15) is 0 Å². The van der Waals surface area contributed by atoms with Gasteiger partial charge in [-0.1, -0.05) is 25.1 Å². The molecule has 0 unspecified atom stereocenters. The quantitative estimate of drug-likeness (QED) is 0.623. The standard InChI is InChI=1S/C7H9N2.C3H3N2O.V/c8-5-6-3-1-2-4-7(6)9;1-3-5-4-2-6-3;/h1-4,8H,5,9H2;1H3;/q2*-1;+2. The van der Waals surface area contributed by atoms with Crippen LogP contribution in [0.3, 0.4) is 0 Å². The van der Waals surface area contributed by atoms with E-state index in [1.807, 2.05) is 24.3 Å². The fourth-order valence-electron chi connectivity index (χ4n) is 0.893. The number of nitrogens with one attached hydrogen (secondary N) is 1. The predicted molar refractivity (Wildman–Crippen MR) is 56.8 cm³/mol. The Labute approximate surface area is 106 Å². The Morgan fingerprint density at radius 2 is 2.12 bits per heavy atom. The first kappa shape index (κ1) is 14.7. The van der Waals surface area contributed by atoms with Gasteiger partial charge in [0, 0.05) is 5.69 Å². The zero-order valence-corrected chi connectivity index (χ0v) is 10.2. The Morgan fingerprint density at radius 3 is 2.44 bits per heavy atom. The van der Waals surface area contributed by atoms with Gasteiger partial charge in [-0.15, -0.1) is 6.54 Å². The van der Waals surface area contributed by atoms with Crippen molar-refractivity contribution >= 4 is 5.69 Å². The number of aromatic nitrogens is 2. The van der Waals surface area contributed by atoms with Gasteiger partial charge in [-0.05, 0) is 11.6 Å². The van der Waals surface area contributed by atoms with Crippen molar-refractivity contribution in [2.24, 2.45) is 0 Å². The van der Waals surface area contributed by atoms with Gasteiger partial charge in [-0.25, -0.2) is 10.2 Å². The number of para-hydroxylation sites is 1. The summed E-state index contributed by atoms with van der Waals surface area (Å²) in [4.78, 5) is 0. The molecule has 0 bridgehead atoms. The van der Waals surface area contributed by atoms with Crippen LogP contribution in [0.5, 0.6) is 0 Å². The first-order valence-electron chi connectivity index (χ1n) is 4.38. The molecule has 2 rings (SSSR count). The summed E-state index contributed by atoms with van der Waals surface area (Å²) < 4.78 is 4.49. The molecule has 6 heteroatoms. The Bertz CT molecular complexity index is 391. The summed E-state index contributed by atoms with van der Waals surface area (Å²) in [6.45, 7) is 1.98. The Hall–Kier alpha value is -1.30. The summed E-state index contributed by atoms with van der Waals surface area (Å²) >= 11 is 0. The van der Waals surface area contributed by atoms with Crippen LogP contribution in [-0.4, -0.2) is 10.2 Å². The van der Waals surface area contributed by atoms with Gasteiger partial charge < -0.3 is 15.9 Å². The molecule has 0 atom stereocenters. The maximum atomic E-state index is 7.00. The molecule has 1 aromatic heterocycles. The Balaban J connectivity index is 0.000000283. The van der Waals surface area contributed by atoms with Crippen LogP contribution in [0.2, 0.25) is 0 Å². The Kier molecular flexibility index (Phi) is 7.29. The minimum Gasteiger partial charge on any atom is -0.674 e. The van der Waals surface area contributed by atoms with Crippen molar-refractivity contribution < 1.29 is 23.0 Å². The van der Waals surface area contributed by atoms with Crippen molar-refractivity contribution in [2.75, 3.05) is 5.73 Å². The third kappa shape index (κ3) is 4.97. The molecule has 0 fully saturated rings. The molecule has 1 heterocycles. The van der Waals surface area contributed by atoms with E-state index in [0.29, 0.717) is 11.6 Å². The fraction of sp³-hybridized carbons (Fsp3) is 0.200. The number of anilines is 1. The molecule has 2 aromatic rings. The average Bonchev–Trinajstić information content (AvgIpc) is 2.71. The molecule has 1 aromatic carbocycles. The fourth-order valence-corrected chi connectivity index (χ4v) is 0.893. The minimum absolute atomic E-state index is 0. The molecular weight excluding hydrogens is 243 g/mol. The monoisotopic (exact) mass is 255 g/mol. The topological polar surface area (TPSA) is 88.7 Å². The van der Waals surface area contributed by atoms with E-state index in [-0.39, 0.29) is 25.1 Å². The van der Waals surface area contributed by atoms with E-state index < -0.39 is 0 Å². The van der Waals surface area contributed by atoms with Crippen LogP contribution in [0.25, 0.3) is 5.73 Å². The van der Waals surface area contributed by atoms with Gasteiger partial charge in [0.2, 0.25) is 0 Å². The van der Waals surface area contributed by atoms with Crippen LogP contribution in [0.15, 0.2) is 28.7 Å². The molecule has 83 valence electrons. The van der Waals surface area contributed by atoms with Crippen LogP contribution >= 0.6 is 0 Å². The zero-order valence-electron chi connectivity index (χ0n) is 8.84. The molecule has 0 spiro atoms. The summed E-state index contributed by atoms with van der Waals surface area (Å²) in [7, 11) is 0. The Morgan fingerprint density at radius 1 is 1.44 bits per heavy atom. The number of nitrogens with two attached hydrogens (primary N) is 1. The second kappa shape index (κ2) is 7.93. The van der Waals surface area contributed by atoms with Crippen molar-refractivity contribution in [3.8, 4) is 0 Å². The van der Waals surface area contributed by atoms with Gasteiger partial charge in [-0.2, -0.15) is 0 Å². The summed E-state index contributed by atoms with van der Waals surface area (Å²) in [5.74, 6) is 0.551.